The predicted molar refractivity (Wildman–Crippen MR) is 100 cm³/mol. The van der Waals surface area contributed by atoms with E-state index >= 15 is 0 Å². The highest BCUT2D eigenvalue weighted by molar-refractivity contribution is 7.87. The third kappa shape index (κ3) is 2.79. The van der Waals surface area contributed by atoms with Crippen LogP contribution in [0.2, 0.25) is 0 Å². The lowest BCUT2D eigenvalue weighted by atomic mass is 9.54. The summed E-state index contributed by atoms with van der Waals surface area (Å²) in [6.07, 6.45) is 7.20. The Kier molecular flexibility index (Phi) is 4.04. The molecule has 0 amide bonds. The van der Waals surface area contributed by atoms with Gasteiger partial charge in [0.1, 0.15) is 0 Å². The monoisotopic (exact) mass is 375 g/mol. The van der Waals surface area contributed by atoms with E-state index in [1.807, 2.05) is 12.1 Å². The van der Waals surface area contributed by atoms with E-state index in [1.54, 1.807) is 13.0 Å². The standard InChI is InChI=1S/C20H25NO4S/c1-12(22)18-7-8-19-17-5-3-13-11-14(21-26(23,24)25)4-6-15(13)16(17)9-10-20(18,19)2/h4,6-7,11,16-17,19,21H,3,5,8-10H2,1-2H3,(H,23,24,25)/t16-,17-,19+,20-/m1/s1. The quantitative estimate of drug-likeness (QED) is 0.785. The summed E-state index contributed by atoms with van der Waals surface area (Å²) in [5.41, 5.74) is 3.92. The third-order valence-corrected chi connectivity index (χ3v) is 7.43. The van der Waals surface area contributed by atoms with E-state index in [2.05, 4.69) is 17.7 Å². The van der Waals surface area contributed by atoms with E-state index in [1.165, 1.54) is 11.1 Å². The molecule has 3 aliphatic carbocycles. The van der Waals surface area contributed by atoms with Gasteiger partial charge in [0, 0.05) is 0 Å². The number of carbonyl (C=O) groups excluding carboxylic acids is 1. The first-order chi connectivity index (χ1) is 12.2. The highest BCUT2D eigenvalue weighted by Crippen LogP contribution is 2.61. The average molecular weight is 375 g/mol. The second kappa shape index (κ2) is 5.92. The molecule has 26 heavy (non-hydrogen) atoms. The van der Waals surface area contributed by atoms with E-state index in [-0.39, 0.29) is 11.2 Å². The van der Waals surface area contributed by atoms with E-state index in [4.69, 9.17) is 4.55 Å². The lowest BCUT2D eigenvalue weighted by Crippen LogP contribution is -2.42. The molecule has 0 saturated heterocycles. The number of fused-ring (bicyclic) bond motifs is 5. The Bertz CT molecular complexity index is 904. The van der Waals surface area contributed by atoms with Crippen molar-refractivity contribution in [2.75, 3.05) is 4.72 Å². The third-order valence-electron chi connectivity index (χ3n) is 6.93. The summed E-state index contributed by atoms with van der Waals surface area (Å²) < 4.78 is 33.2. The van der Waals surface area contributed by atoms with Crippen LogP contribution in [0, 0.1) is 17.3 Å². The van der Waals surface area contributed by atoms with E-state index in [0.717, 1.165) is 37.7 Å². The van der Waals surface area contributed by atoms with Crippen molar-refractivity contribution in [1.29, 1.82) is 0 Å². The molecular weight excluding hydrogens is 350 g/mol. The molecule has 0 aliphatic heterocycles. The number of anilines is 1. The summed E-state index contributed by atoms with van der Waals surface area (Å²) >= 11 is 0. The molecule has 0 spiro atoms. The predicted octanol–water partition coefficient (Wildman–Crippen LogP) is 3.88. The summed E-state index contributed by atoms with van der Waals surface area (Å²) in [6.45, 7) is 3.95. The minimum atomic E-state index is -4.25. The van der Waals surface area contributed by atoms with Crippen LogP contribution in [0.4, 0.5) is 5.69 Å². The summed E-state index contributed by atoms with van der Waals surface area (Å²) in [4.78, 5) is 12.1. The first-order valence-corrected chi connectivity index (χ1v) is 10.7. The van der Waals surface area contributed by atoms with Crippen LogP contribution in [0.1, 0.15) is 56.6 Å². The normalized spacial score (nSPS) is 32.9. The van der Waals surface area contributed by atoms with Crippen LogP contribution in [-0.2, 0) is 21.5 Å². The zero-order valence-corrected chi connectivity index (χ0v) is 16.0. The van der Waals surface area contributed by atoms with Crippen LogP contribution < -0.4 is 4.72 Å². The zero-order valence-electron chi connectivity index (χ0n) is 15.2. The van der Waals surface area contributed by atoms with Gasteiger partial charge < -0.3 is 0 Å². The zero-order chi connectivity index (χ0) is 18.7. The minimum absolute atomic E-state index is 0.0109. The molecule has 0 radical (unpaired) electrons. The van der Waals surface area contributed by atoms with Crippen molar-refractivity contribution >= 4 is 21.8 Å². The Morgan fingerprint density at radius 2 is 2.08 bits per heavy atom. The van der Waals surface area contributed by atoms with E-state index in [9.17, 15) is 13.2 Å². The number of rotatable bonds is 3. The van der Waals surface area contributed by atoms with Gasteiger partial charge in [0.15, 0.2) is 5.78 Å². The summed E-state index contributed by atoms with van der Waals surface area (Å²) in [5.74, 6) is 1.76. The van der Waals surface area contributed by atoms with Gasteiger partial charge in [0.05, 0.1) is 5.69 Å². The Morgan fingerprint density at radius 1 is 1.31 bits per heavy atom. The highest BCUT2D eigenvalue weighted by atomic mass is 32.2. The maximum atomic E-state index is 12.1. The number of carbonyl (C=O) groups is 1. The van der Waals surface area contributed by atoms with Crippen LogP contribution >= 0.6 is 0 Å². The Labute approximate surface area is 154 Å². The highest BCUT2D eigenvalue weighted by Gasteiger charge is 2.52. The van der Waals surface area contributed by atoms with Crippen molar-refractivity contribution in [2.45, 2.75) is 51.9 Å². The number of allylic oxidation sites excluding steroid dienone is 2. The average Bonchev–Trinajstić information content (AvgIpc) is 2.90. The van der Waals surface area contributed by atoms with Crippen LogP contribution in [0.5, 0.6) is 0 Å². The van der Waals surface area contributed by atoms with Crippen molar-refractivity contribution in [3.63, 3.8) is 0 Å². The van der Waals surface area contributed by atoms with Gasteiger partial charge in [0.25, 0.3) is 0 Å². The van der Waals surface area contributed by atoms with Crippen molar-refractivity contribution in [2.24, 2.45) is 17.3 Å². The number of aryl methyl sites for hydroxylation is 1. The molecule has 1 aromatic carbocycles. The van der Waals surface area contributed by atoms with E-state index in [0.29, 0.717) is 23.4 Å². The number of hydrogen-bond acceptors (Lipinski definition) is 3. The topological polar surface area (TPSA) is 83.5 Å². The molecule has 1 fully saturated rings. The van der Waals surface area contributed by atoms with Gasteiger partial charge >= 0.3 is 10.3 Å². The Morgan fingerprint density at radius 3 is 2.77 bits per heavy atom. The maximum absolute atomic E-state index is 12.1. The molecule has 1 saturated carbocycles. The number of benzene rings is 1. The molecule has 0 heterocycles. The van der Waals surface area contributed by atoms with Gasteiger partial charge in [-0.15, -0.1) is 0 Å². The molecule has 5 nitrogen and oxygen atoms in total. The molecule has 140 valence electrons. The van der Waals surface area contributed by atoms with Crippen molar-refractivity contribution < 1.29 is 17.8 Å². The molecule has 4 rings (SSSR count). The van der Waals surface area contributed by atoms with Gasteiger partial charge in [-0.25, -0.2) is 0 Å². The van der Waals surface area contributed by atoms with Crippen LogP contribution in [-0.4, -0.2) is 18.8 Å². The Balaban J connectivity index is 1.63. The first kappa shape index (κ1) is 17.7. The molecular formula is C20H25NO4S. The van der Waals surface area contributed by atoms with Crippen molar-refractivity contribution in [3.05, 3.63) is 41.0 Å². The van der Waals surface area contributed by atoms with Gasteiger partial charge in [-0.3, -0.25) is 14.1 Å². The van der Waals surface area contributed by atoms with Crippen LogP contribution in [0.25, 0.3) is 0 Å². The Hall–Kier alpha value is -1.66. The second-order valence-corrected chi connectivity index (χ2v) is 9.43. The molecule has 2 N–H and O–H groups in total. The molecule has 0 bridgehead atoms. The number of nitrogens with one attached hydrogen (secondary N) is 1. The smallest absolute Gasteiger partial charge is 0.295 e. The summed E-state index contributed by atoms with van der Waals surface area (Å²) in [6, 6.07) is 5.59. The number of ketones is 1. The van der Waals surface area contributed by atoms with Crippen molar-refractivity contribution in [1.82, 2.24) is 0 Å². The second-order valence-electron chi connectivity index (χ2n) is 8.27. The largest absolute Gasteiger partial charge is 0.357 e. The van der Waals surface area contributed by atoms with Crippen molar-refractivity contribution in [3.8, 4) is 0 Å². The van der Waals surface area contributed by atoms with Crippen LogP contribution in [0.3, 0.4) is 0 Å². The van der Waals surface area contributed by atoms with Gasteiger partial charge in [0.2, 0.25) is 0 Å². The summed E-state index contributed by atoms with van der Waals surface area (Å²) in [5, 5.41) is 0. The molecule has 4 atom stereocenters. The minimum Gasteiger partial charge on any atom is -0.295 e. The fraction of sp³-hybridized carbons (Fsp3) is 0.550. The molecule has 0 unspecified atom stereocenters. The SMILES string of the molecule is CC(=O)C1=CC[C@H]2[C@@H]3CCc4cc(NS(=O)(=O)O)ccc4[C@H]3CC[C@]12C. The molecule has 0 aromatic heterocycles. The lowest BCUT2D eigenvalue weighted by Gasteiger charge is -2.50. The van der Waals surface area contributed by atoms with Gasteiger partial charge in [-0.2, -0.15) is 8.42 Å². The van der Waals surface area contributed by atoms with E-state index < -0.39 is 10.3 Å². The number of hydrogen-bond donors (Lipinski definition) is 2. The van der Waals surface area contributed by atoms with Crippen LogP contribution in [0.15, 0.2) is 29.8 Å². The fourth-order valence-corrected chi connectivity index (χ4v) is 6.33. The molecule has 1 aromatic rings. The molecule has 3 aliphatic rings. The first-order valence-electron chi connectivity index (χ1n) is 9.28. The van der Waals surface area contributed by atoms with Gasteiger partial charge in [-0.1, -0.05) is 19.1 Å². The summed E-state index contributed by atoms with van der Waals surface area (Å²) in [7, 11) is -4.25. The fourth-order valence-electron chi connectivity index (χ4n) is 5.91. The van der Waals surface area contributed by atoms with Gasteiger partial charge in [-0.05, 0) is 91.0 Å². The maximum Gasteiger partial charge on any atom is 0.357 e. The number of Topliss-reactive ketones (excluding diaryl/α,β-unsaturated/α-hetero) is 1. The molecule has 6 heteroatoms. The lowest BCUT2D eigenvalue weighted by molar-refractivity contribution is -0.115.